The molecule has 1 aromatic rings. The molecule has 0 unspecified atom stereocenters. The number of hydrogen-bond donors (Lipinski definition) is 1. The molecule has 1 aromatic carbocycles. The van der Waals surface area contributed by atoms with Gasteiger partial charge >= 0.3 is 5.97 Å². The first-order chi connectivity index (χ1) is 7.92. The van der Waals surface area contributed by atoms with Gasteiger partial charge < -0.3 is 10.1 Å². The third kappa shape index (κ3) is 4.89. The monoisotopic (exact) mass is 235 g/mol. The molecule has 3 nitrogen and oxygen atoms in total. The third-order valence-electron chi connectivity index (χ3n) is 2.31. The van der Waals surface area contributed by atoms with Gasteiger partial charge in [-0.1, -0.05) is 18.2 Å². The zero-order chi connectivity index (χ0) is 12.9. The van der Waals surface area contributed by atoms with E-state index in [1.807, 2.05) is 52.1 Å². The molecule has 1 N–H and O–H groups in total. The molecule has 3 heteroatoms. The predicted octanol–water partition coefficient (Wildman–Crippen LogP) is 3.00. The summed E-state index contributed by atoms with van der Waals surface area (Å²) in [5.41, 5.74) is 1.80. The van der Waals surface area contributed by atoms with Crippen LogP contribution in [0.25, 0.3) is 0 Å². The van der Waals surface area contributed by atoms with Crippen LogP contribution in [0.1, 0.15) is 32.8 Å². The lowest BCUT2D eigenvalue weighted by atomic mass is 10.1. The van der Waals surface area contributed by atoms with Crippen molar-refractivity contribution in [3.8, 4) is 0 Å². The van der Waals surface area contributed by atoms with Gasteiger partial charge in [0.2, 0.25) is 0 Å². The molecule has 0 fully saturated rings. The average Bonchev–Trinajstić information content (AvgIpc) is 2.24. The molecule has 0 heterocycles. The maximum Gasteiger partial charge on any atom is 0.306 e. The summed E-state index contributed by atoms with van der Waals surface area (Å²) in [5.74, 6) is -0.150. The highest BCUT2D eigenvalue weighted by molar-refractivity contribution is 5.70. The summed E-state index contributed by atoms with van der Waals surface area (Å²) >= 11 is 0. The van der Waals surface area contributed by atoms with Gasteiger partial charge in [-0.25, -0.2) is 0 Å². The van der Waals surface area contributed by atoms with E-state index < -0.39 is 5.60 Å². The Hall–Kier alpha value is -1.51. The lowest BCUT2D eigenvalue weighted by Crippen LogP contribution is -2.24. The van der Waals surface area contributed by atoms with E-state index in [1.165, 1.54) is 0 Å². The van der Waals surface area contributed by atoms with Crippen LogP contribution in [-0.4, -0.2) is 18.6 Å². The van der Waals surface area contributed by atoms with Gasteiger partial charge in [-0.3, -0.25) is 4.79 Å². The molecule has 0 aliphatic heterocycles. The fourth-order valence-corrected chi connectivity index (χ4v) is 1.61. The maximum atomic E-state index is 11.6. The van der Waals surface area contributed by atoms with E-state index in [9.17, 15) is 4.79 Å². The van der Waals surface area contributed by atoms with E-state index in [4.69, 9.17) is 4.74 Å². The number of para-hydroxylation sites is 1. The quantitative estimate of drug-likeness (QED) is 0.815. The molecule has 0 spiro atoms. The van der Waals surface area contributed by atoms with Crippen LogP contribution in [0.15, 0.2) is 24.3 Å². The number of ether oxygens (including phenoxy) is 1. The van der Waals surface area contributed by atoms with Crippen molar-refractivity contribution >= 4 is 11.7 Å². The van der Waals surface area contributed by atoms with Crippen molar-refractivity contribution in [1.29, 1.82) is 0 Å². The maximum absolute atomic E-state index is 11.6. The molecule has 0 amide bonds. The molecular weight excluding hydrogens is 214 g/mol. The lowest BCUT2D eigenvalue weighted by molar-refractivity contribution is -0.154. The number of nitrogens with one attached hydrogen (secondary N) is 1. The van der Waals surface area contributed by atoms with Gasteiger partial charge in [0.15, 0.2) is 0 Å². The number of carbonyl (C=O) groups is 1. The van der Waals surface area contributed by atoms with E-state index in [0.29, 0.717) is 12.8 Å². The van der Waals surface area contributed by atoms with Crippen LogP contribution in [0, 0.1) is 0 Å². The van der Waals surface area contributed by atoms with Crippen LogP contribution in [0.4, 0.5) is 5.69 Å². The third-order valence-corrected chi connectivity index (χ3v) is 2.31. The zero-order valence-corrected chi connectivity index (χ0v) is 11.0. The van der Waals surface area contributed by atoms with Crippen molar-refractivity contribution in [2.24, 2.45) is 0 Å². The minimum atomic E-state index is -0.403. The number of rotatable bonds is 4. The van der Waals surface area contributed by atoms with Gasteiger partial charge in [-0.15, -0.1) is 0 Å². The molecule has 0 aliphatic carbocycles. The van der Waals surface area contributed by atoms with Gasteiger partial charge in [0.05, 0.1) is 0 Å². The molecule has 17 heavy (non-hydrogen) atoms. The molecule has 0 aromatic heterocycles. The minimum Gasteiger partial charge on any atom is -0.460 e. The fourth-order valence-electron chi connectivity index (χ4n) is 1.61. The zero-order valence-electron chi connectivity index (χ0n) is 11.0. The SMILES string of the molecule is CNc1ccccc1CCC(=O)OC(C)(C)C. The normalized spacial score (nSPS) is 11.1. The van der Waals surface area contributed by atoms with Crippen LogP contribution < -0.4 is 5.32 Å². The largest absolute Gasteiger partial charge is 0.460 e. The summed E-state index contributed by atoms with van der Waals surface area (Å²) in [7, 11) is 1.88. The summed E-state index contributed by atoms with van der Waals surface area (Å²) in [6.07, 6.45) is 1.11. The number of carbonyl (C=O) groups excluding carboxylic acids is 1. The first kappa shape index (κ1) is 13.6. The van der Waals surface area contributed by atoms with Crippen molar-refractivity contribution in [3.63, 3.8) is 0 Å². The summed E-state index contributed by atoms with van der Waals surface area (Å²) < 4.78 is 5.27. The van der Waals surface area contributed by atoms with Crippen molar-refractivity contribution in [2.75, 3.05) is 12.4 Å². The topological polar surface area (TPSA) is 38.3 Å². The van der Waals surface area contributed by atoms with Crippen molar-refractivity contribution < 1.29 is 9.53 Å². The number of esters is 1. The standard InChI is InChI=1S/C14H21NO2/c1-14(2,3)17-13(16)10-9-11-7-5-6-8-12(11)15-4/h5-8,15H,9-10H2,1-4H3. The van der Waals surface area contributed by atoms with Gasteiger partial charge in [0.25, 0.3) is 0 Å². The van der Waals surface area contributed by atoms with Crippen molar-refractivity contribution in [3.05, 3.63) is 29.8 Å². The van der Waals surface area contributed by atoms with Crippen LogP contribution in [-0.2, 0) is 16.0 Å². The Morgan fingerprint density at radius 1 is 1.29 bits per heavy atom. The van der Waals surface area contributed by atoms with Crippen LogP contribution >= 0.6 is 0 Å². The van der Waals surface area contributed by atoms with Crippen LogP contribution in [0.3, 0.4) is 0 Å². The van der Waals surface area contributed by atoms with E-state index in [2.05, 4.69) is 5.32 Å². The van der Waals surface area contributed by atoms with E-state index in [1.54, 1.807) is 0 Å². The van der Waals surface area contributed by atoms with Crippen molar-refractivity contribution in [2.45, 2.75) is 39.2 Å². The van der Waals surface area contributed by atoms with Crippen LogP contribution in [0.5, 0.6) is 0 Å². The average molecular weight is 235 g/mol. The smallest absolute Gasteiger partial charge is 0.306 e. The summed E-state index contributed by atoms with van der Waals surface area (Å²) in [6, 6.07) is 7.98. The molecule has 0 saturated heterocycles. The minimum absolute atomic E-state index is 0.150. The molecule has 0 bridgehead atoms. The molecular formula is C14H21NO2. The van der Waals surface area contributed by atoms with E-state index >= 15 is 0 Å². The number of anilines is 1. The summed E-state index contributed by atoms with van der Waals surface area (Å²) in [6.45, 7) is 5.64. The Morgan fingerprint density at radius 3 is 2.53 bits per heavy atom. The Balaban J connectivity index is 2.53. The number of benzene rings is 1. The fraction of sp³-hybridized carbons (Fsp3) is 0.500. The molecule has 0 radical (unpaired) electrons. The summed E-state index contributed by atoms with van der Waals surface area (Å²) in [5, 5.41) is 3.12. The molecule has 0 atom stereocenters. The second-order valence-electron chi connectivity index (χ2n) is 4.99. The van der Waals surface area contributed by atoms with Gasteiger partial charge in [0.1, 0.15) is 5.60 Å². The Bertz CT molecular complexity index is 380. The number of aryl methyl sites for hydroxylation is 1. The molecule has 94 valence electrons. The summed E-state index contributed by atoms with van der Waals surface area (Å²) in [4.78, 5) is 11.6. The highest BCUT2D eigenvalue weighted by Gasteiger charge is 2.16. The second kappa shape index (κ2) is 5.71. The molecule has 0 saturated carbocycles. The van der Waals surface area contributed by atoms with E-state index in [-0.39, 0.29) is 5.97 Å². The lowest BCUT2D eigenvalue weighted by Gasteiger charge is -2.19. The number of hydrogen-bond acceptors (Lipinski definition) is 3. The van der Waals surface area contributed by atoms with Crippen molar-refractivity contribution in [1.82, 2.24) is 0 Å². The molecule has 1 rings (SSSR count). The molecule has 0 aliphatic rings. The first-order valence-electron chi connectivity index (χ1n) is 5.90. The van der Waals surface area contributed by atoms with Gasteiger partial charge in [-0.05, 0) is 38.8 Å². The predicted molar refractivity (Wildman–Crippen MR) is 70.2 cm³/mol. The van der Waals surface area contributed by atoms with Gasteiger partial charge in [-0.2, -0.15) is 0 Å². The van der Waals surface area contributed by atoms with Gasteiger partial charge in [0, 0.05) is 19.2 Å². The van der Waals surface area contributed by atoms with Crippen LogP contribution in [0.2, 0.25) is 0 Å². The Morgan fingerprint density at radius 2 is 1.94 bits per heavy atom. The Kier molecular flexibility index (Phi) is 4.55. The Labute approximate surface area is 103 Å². The highest BCUT2D eigenvalue weighted by Crippen LogP contribution is 2.17. The van der Waals surface area contributed by atoms with E-state index in [0.717, 1.165) is 11.3 Å². The first-order valence-corrected chi connectivity index (χ1v) is 5.90. The highest BCUT2D eigenvalue weighted by atomic mass is 16.6. The second-order valence-corrected chi connectivity index (χ2v) is 4.99.